The predicted octanol–water partition coefficient (Wildman–Crippen LogP) is 3.06. The first kappa shape index (κ1) is 18.1. The molecule has 5 nitrogen and oxygen atoms in total. The third-order valence-electron chi connectivity index (χ3n) is 2.28. The molecule has 0 bridgehead atoms. The molecule has 1 amide bonds. The van der Waals surface area contributed by atoms with Crippen molar-refractivity contribution < 1.29 is 32.2 Å². The van der Waals surface area contributed by atoms with Gasteiger partial charge >= 0.3 is 18.2 Å². The van der Waals surface area contributed by atoms with Crippen LogP contribution in [0.2, 0.25) is 5.02 Å². The normalized spacial score (nSPS) is 10.9. The van der Waals surface area contributed by atoms with Gasteiger partial charge in [0.15, 0.2) is 6.61 Å². The summed E-state index contributed by atoms with van der Waals surface area (Å²) in [7, 11) is 0. The van der Waals surface area contributed by atoms with Crippen molar-refractivity contribution in [2.75, 3.05) is 13.2 Å². The highest BCUT2D eigenvalue weighted by molar-refractivity contribution is 6.30. The molecule has 0 aromatic heterocycles. The first-order valence-electron chi connectivity index (χ1n) is 6.14. The number of hydrogen-bond acceptors (Lipinski definition) is 4. The zero-order valence-corrected chi connectivity index (χ0v) is 12.0. The zero-order chi connectivity index (χ0) is 16.6. The Morgan fingerprint density at radius 2 is 1.77 bits per heavy atom. The molecule has 0 heterocycles. The van der Waals surface area contributed by atoms with Crippen molar-refractivity contribution in [3.8, 4) is 0 Å². The van der Waals surface area contributed by atoms with Crippen LogP contribution in [0.5, 0.6) is 0 Å². The molecule has 1 N–H and O–H groups in total. The van der Waals surface area contributed by atoms with Crippen molar-refractivity contribution in [3.63, 3.8) is 0 Å². The van der Waals surface area contributed by atoms with Crippen LogP contribution in [0, 0.1) is 0 Å². The lowest BCUT2D eigenvalue weighted by molar-refractivity contribution is -0.160. The molecule has 0 saturated heterocycles. The molecule has 0 aliphatic heterocycles. The fourth-order valence-electron chi connectivity index (χ4n) is 1.28. The lowest BCUT2D eigenvalue weighted by Crippen LogP contribution is -2.30. The van der Waals surface area contributed by atoms with E-state index in [0.717, 1.165) is 5.56 Å². The highest BCUT2D eigenvalue weighted by Crippen LogP contribution is 2.14. The predicted molar refractivity (Wildman–Crippen MR) is 71.3 cm³/mol. The number of carbonyl (C=O) groups is 2. The number of rotatable bonds is 6. The monoisotopic (exact) mass is 339 g/mol. The maximum Gasteiger partial charge on any atom is 0.422 e. The summed E-state index contributed by atoms with van der Waals surface area (Å²) in [5.41, 5.74) is 0.732. The van der Waals surface area contributed by atoms with Gasteiger partial charge in [-0.1, -0.05) is 23.7 Å². The Bertz CT molecular complexity index is 505. The van der Waals surface area contributed by atoms with Crippen LogP contribution in [0.4, 0.5) is 18.0 Å². The molecule has 1 aromatic rings. The molecule has 1 rings (SSSR count). The van der Waals surface area contributed by atoms with Crippen LogP contribution >= 0.6 is 11.6 Å². The number of carbonyl (C=O) groups excluding carboxylic acids is 2. The second-order valence-corrected chi connectivity index (χ2v) is 4.59. The van der Waals surface area contributed by atoms with E-state index in [-0.39, 0.29) is 19.6 Å². The number of alkyl carbamates (subject to hydrolysis) is 1. The second-order valence-electron chi connectivity index (χ2n) is 4.16. The van der Waals surface area contributed by atoms with Crippen molar-refractivity contribution in [1.29, 1.82) is 0 Å². The quantitative estimate of drug-likeness (QED) is 0.809. The minimum absolute atomic E-state index is 0.0362. The van der Waals surface area contributed by atoms with Crippen molar-refractivity contribution in [1.82, 2.24) is 5.32 Å². The molecule has 1 aromatic carbocycles. The van der Waals surface area contributed by atoms with Crippen molar-refractivity contribution in [3.05, 3.63) is 34.9 Å². The Balaban J connectivity index is 2.15. The second kappa shape index (κ2) is 8.47. The van der Waals surface area contributed by atoms with Gasteiger partial charge in [0.25, 0.3) is 0 Å². The van der Waals surface area contributed by atoms with Gasteiger partial charge in [0.2, 0.25) is 0 Å². The Morgan fingerprint density at radius 3 is 2.36 bits per heavy atom. The average Bonchev–Trinajstić information content (AvgIpc) is 2.44. The summed E-state index contributed by atoms with van der Waals surface area (Å²) < 4.78 is 44.1. The Labute approximate surface area is 129 Å². The van der Waals surface area contributed by atoms with Gasteiger partial charge < -0.3 is 14.8 Å². The number of nitrogens with one attached hydrogen (secondary N) is 1. The number of alkyl halides is 3. The third-order valence-corrected chi connectivity index (χ3v) is 2.53. The van der Waals surface area contributed by atoms with Gasteiger partial charge in [-0.3, -0.25) is 4.79 Å². The van der Waals surface area contributed by atoms with Gasteiger partial charge in [-0.15, -0.1) is 0 Å². The molecule has 122 valence electrons. The van der Waals surface area contributed by atoms with Gasteiger partial charge in [-0.2, -0.15) is 13.2 Å². The molecule has 0 radical (unpaired) electrons. The molecule has 0 aliphatic rings. The van der Waals surface area contributed by atoms with Gasteiger partial charge in [0.1, 0.15) is 6.61 Å². The van der Waals surface area contributed by atoms with E-state index in [2.05, 4.69) is 4.74 Å². The molecule has 0 spiro atoms. The van der Waals surface area contributed by atoms with E-state index < -0.39 is 24.8 Å². The zero-order valence-electron chi connectivity index (χ0n) is 11.3. The van der Waals surface area contributed by atoms with Crippen LogP contribution in [0.25, 0.3) is 0 Å². The number of esters is 1. The highest BCUT2D eigenvalue weighted by atomic mass is 35.5. The van der Waals surface area contributed by atoms with E-state index in [9.17, 15) is 22.8 Å². The fourth-order valence-corrected chi connectivity index (χ4v) is 1.41. The standard InChI is InChI=1S/C13H13ClF3NO4/c14-10-3-1-9(2-4-10)7-21-11(19)5-6-18-12(20)22-8-13(15,16)17/h1-4H,5-8H2,(H,18,20). The summed E-state index contributed by atoms with van der Waals surface area (Å²) in [6.45, 7) is -1.83. The number of amides is 1. The van der Waals surface area contributed by atoms with Gasteiger partial charge in [0, 0.05) is 11.6 Å². The van der Waals surface area contributed by atoms with Crippen LogP contribution in [-0.4, -0.2) is 31.4 Å². The van der Waals surface area contributed by atoms with E-state index in [4.69, 9.17) is 16.3 Å². The summed E-state index contributed by atoms with van der Waals surface area (Å²) in [5, 5.41) is 2.56. The minimum Gasteiger partial charge on any atom is -0.461 e. The molecule has 9 heteroatoms. The number of halogens is 4. The van der Waals surface area contributed by atoms with E-state index >= 15 is 0 Å². The molecular weight excluding hydrogens is 327 g/mol. The topological polar surface area (TPSA) is 64.6 Å². The van der Waals surface area contributed by atoms with E-state index in [1.54, 1.807) is 24.3 Å². The van der Waals surface area contributed by atoms with E-state index in [1.165, 1.54) is 0 Å². The maximum atomic E-state index is 11.8. The maximum absolute atomic E-state index is 11.8. The molecule has 22 heavy (non-hydrogen) atoms. The van der Waals surface area contributed by atoms with E-state index in [1.807, 2.05) is 5.32 Å². The Hall–Kier alpha value is -1.96. The van der Waals surface area contributed by atoms with Crippen LogP contribution in [-0.2, 0) is 20.9 Å². The average molecular weight is 340 g/mol. The summed E-state index contributed by atoms with van der Waals surface area (Å²) >= 11 is 5.70. The number of ether oxygens (including phenoxy) is 2. The van der Waals surface area contributed by atoms with Crippen molar-refractivity contribution >= 4 is 23.7 Å². The van der Waals surface area contributed by atoms with E-state index in [0.29, 0.717) is 5.02 Å². The lowest BCUT2D eigenvalue weighted by atomic mass is 10.2. The molecular formula is C13H13ClF3NO4. The Morgan fingerprint density at radius 1 is 1.14 bits per heavy atom. The van der Waals surface area contributed by atoms with Crippen molar-refractivity contribution in [2.45, 2.75) is 19.2 Å². The molecule has 0 atom stereocenters. The smallest absolute Gasteiger partial charge is 0.422 e. The SMILES string of the molecule is O=C(CCNC(=O)OCC(F)(F)F)OCc1ccc(Cl)cc1. The number of benzene rings is 1. The van der Waals surface area contributed by atoms with Crippen LogP contribution in [0.15, 0.2) is 24.3 Å². The number of hydrogen-bond donors (Lipinski definition) is 1. The van der Waals surface area contributed by atoms with Crippen LogP contribution in [0.1, 0.15) is 12.0 Å². The summed E-state index contributed by atoms with van der Waals surface area (Å²) in [6, 6.07) is 6.65. The highest BCUT2D eigenvalue weighted by Gasteiger charge is 2.29. The van der Waals surface area contributed by atoms with Gasteiger partial charge in [-0.25, -0.2) is 4.79 Å². The fraction of sp³-hybridized carbons (Fsp3) is 0.385. The first-order valence-corrected chi connectivity index (χ1v) is 6.51. The minimum atomic E-state index is -4.59. The molecule has 0 aliphatic carbocycles. The largest absolute Gasteiger partial charge is 0.461 e. The van der Waals surface area contributed by atoms with Crippen LogP contribution in [0.3, 0.4) is 0 Å². The summed E-state index contributed by atoms with van der Waals surface area (Å²) in [6.07, 6.45) is -6.02. The summed E-state index contributed by atoms with van der Waals surface area (Å²) in [4.78, 5) is 22.2. The first-order chi connectivity index (χ1) is 10.3. The molecule has 0 saturated carbocycles. The third kappa shape index (κ3) is 8.35. The van der Waals surface area contributed by atoms with Gasteiger partial charge in [-0.05, 0) is 17.7 Å². The summed E-state index contributed by atoms with van der Waals surface area (Å²) in [5.74, 6) is -0.605. The lowest BCUT2D eigenvalue weighted by Gasteiger charge is -2.09. The Kier molecular flexibility index (Phi) is 6.97. The molecule has 0 fully saturated rings. The van der Waals surface area contributed by atoms with Gasteiger partial charge in [0.05, 0.1) is 6.42 Å². The van der Waals surface area contributed by atoms with Crippen LogP contribution < -0.4 is 5.32 Å². The molecule has 0 unspecified atom stereocenters. The van der Waals surface area contributed by atoms with Crippen molar-refractivity contribution in [2.24, 2.45) is 0 Å².